The van der Waals surface area contributed by atoms with Crippen LogP contribution < -0.4 is 11.1 Å². The summed E-state index contributed by atoms with van der Waals surface area (Å²) in [6.07, 6.45) is 0. The number of nitrogens with two attached hydrogens (primary N) is 1. The fourth-order valence-electron chi connectivity index (χ4n) is 2.14. The first-order valence-corrected chi connectivity index (χ1v) is 6.82. The zero-order valence-corrected chi connectivity index (χ0v) is 12.5. The molecule has 3 N–H and O–H groups in total. The molecule has 2 aromatic carbocycles. The standard InChI is InChI=1S/C17H20N2O2/c1-11-4-6-13(7-5-11)12(2)19-16-9-8-14(18)10-15(16)17(20)21-3/h4-10,12,19H,18H2,1-3H3. The van der Waals surface area contributed by atoms with Crippen LogP contribution in [0, 0.1) is 6.92 Å². The van der Waals surface area contributed by atoms with Crippen molar-refractivity contribution in [1.82, 2.24) is 0 Å². The number of nitrogens with one attached hydrogen (secondary N) is 1. The molecule has 110 valence electrons. The molecule has 0 saturated heterocycles. The molecule has 0 bridgehead atoms. The molecule has 1 atom stereocenters. The number of carbonyl (C=O) groups is 1. The monoisotopic (exact) mass is 284 g/mol. The molecule has 0 fully saturated rings. The maximum absolute atomic E-state index is 11.8. The van der Waals surface area contributed by atoms with Gasteiger partial charge >= 0.3 is 5.97 Å². The molecule has 0 aromatic heterocycles. The fourth-order valence-corrected chi connectivity index (χ4v) is 2.14. The van der Waals surface area contributed by atoms with Crippen LogP contribution in [0.15, 0.2) is 42.5 Å². The molecule has 1 unspecified atom stereocenters. The van der Waals surface area contributed by atoms with Crippen molar-refractivity contribution in [3.63, 3.8) is 0 Å². The highest BCUT2D eigenvalue weighted by Crippen LogP contribution is 2.25. The topological polar surface area (TPSA) is 64.3 Å². The zero-order chi connectivity index (χ0) is 15.4. The van der Waals surface area contributed by atoms with Crippen LogP contribution in [0.3, 0.4) is 0 Å². The fraction of sp³-hybridized carbons (Fsp3) is 0.235. The molecule has 0 aliphatic heterocycles. The lowest BCUT2D eigenvalue weighted by molar-refractivity contribution is 0.0602. The van der Waals surface area contributed by atoms with Crippen molar-refractivity contribution < 1.29 is 9.53 Å². The van der Waals surface area contributed by atoms with Crippen LogP contribution in [0.25, 0.3) is 0 Å². The summed E-state index contributed by atoms with van der Waals surface area (Å²) in [5, 5.41) is 3.33. The van der Waals surface area contributed by atoms with Gasteiger partial charge in [-0.25, -0.2) is 4.79 Å². The molecule has 4 heteroatoms. The van der Waals surface area contributed by atoms with E-state index in [-0.39, 0.29) is 6.04 Å². The van der Waals surface area contributed by atoms with Crippen molar-refractivity contribution in [2.45, 2.75) is 19.9 Å². The zero-order valence-electron chi connectivity index (χ0n) is 12.5. The van der Waals surface area contributed by atoms with Crippen LogP contribution in [0.1, 0.15) is 34.5 Å². The number of esters is 1. The van der Waals surface area contributed by atoms with Crippen LogP contribution in [0.5, 0.6) is 0 Å². The SMILES string of the molecule is COC(=O)c1cc(N)ccc1NC(C)c1ccc(C)cc1. The van der Waals surface area contributed by atoms with Gasteiger partial charge in [0.25, 0.3) is 0 Å². The van der Waals surface area contributed by atoms with E-state index in [0.29, 0.717) is 16.9 Å². The van der Waals surface area contributed by atoms with E-state index in [9.17, 15) is 4.79 Å². The van der Waals surface area contributed by atoms with Crippen LogP contribution in [0.2, 0.25) is 0 Å². The van der Waals surface area contributed by atoms with Crippen molar-refractivity contribution in [3.8, 4) is 0 Å². The summed E-state index contributed by atoms with van der Waals surface area (Å²) >= 11 is 0. The summed E-state index contributed by atoms with van der Waals surface area (Å²) in [7, 11) is 1.36. The van der Waals surface area contributed by atoms with Crippen molar-refractivity contribution in [3.05, 3.63) is 59.2 Å². The van der Waals surface area contributed by atoms with Crippen molar-refractivity contribution in [1.29, 1.82) is 0 Å². The minimum atomic E-state index is -0.402. The van der Waals surface area contributed by atoms with Crippen LogP contribution in [-0.4, -0.2) is 13.1 Å². The Morgan fingerprint density at radius 1 is 1.19 bits per heavy atom. The number of anilines is 2. The van der Waals surface area contributed by atoms with Gasteiger partial charge in [0.2, 0.25) is 0 Å². The summed E-state index contributed by atoms with van der Waals surface area (Å²) in [6, 6.07) is 13.5. The number of benzene rings is 2. The average molecular weight is 284 g/mol. The molecule has 0 saturated carbocycles. The number of carbonyl (C=O) groups excluding carboxylic acids is 1. The summed E-state index contributed by atoms with van der Waals surface area (Å²) < 4.78 is 4.80. The van der Waals surface area contributed by atoms with Crippen LogP contribution >= 0.6 is 0 Å². The number of methoxy groups -OCH3 is 1. The van der Waals surface area contributed by atoms with E-state index in [1.54, 1.807) is 18.2 Å². The van der Waals surface area contributed by atoms with Gasteiger partial charge in [0.15, 0.2) is 0 Å². The van der Waals surface area contributed by atoms with E-state index < -0.39 is 5.97 Å². The van der Waals surface area contributed by atoms with E-state index in [1.165, 1.54) is 12.7 Å². The second-order valence-corrected chi connectivity index (χ2v) is 5.07. The molecule has 2 rings (SSSR count). The number of hydrogen-bond acceptors (Lipinski definition) is 4. The summed E-state index contributed by atoms with van der Waals surface area (Å²) in [6.45, 7) is 4.10. The van der Waals surface area contributed by atoms with Gasteiger partial charge in [0, 0.05) is 17.4 Å². The predicted octanol–water partition coefficient (Wildman–Crippen LogP) is 3.54. The van der Waals surface area contributed by atoms with Gasteiger partial charge in [-0.15, -0.1) is 0 Å². The van der Waals surface area contributed by atoms with Gasteiger partial charge in [0.1, 0.15) is 0 Å². The van der Waals surface area contributed by atoms with Crippen LogP contribution in [0.4, 0.5) is 11.4 Å². The first-order chi connectivity index (χ1) is 10.0. The van der Waals surface area contributed by atoms with Gasteiger partial charge in [-0.2, -0.15) is 0 Å². The van der Waals surface area contributed by atoms with Gasteiger partial charge in [-0.1, -0.05) is 29.8 Å². The Labute approximate surface area is 124 Å². The number of aryl methyl sites for hydroxylation is 1. The third-order valence-corrected chi connectivity index (χ3v) is 3.40. The minimum Gasteiger partial charge on any atom is -0.465 e. The largest absolute Gasteiger partial charge is 0.465 e. The number of rotatable bonds is 4. The van der Waals surface area contributed by atoms with Crippen molar-refractivity contribution in [2.75, 3.05) is 18.2 Å². The van der Waals surface area contributed by atoms with E-state index in [2.05, 4.69) is 36.5 Å². The van der Waals surface area contributed by atoms with Crippen molar-refractivity contribution >= 4 is 17.3 Å². The van der Waals surface area contributed by atoms with E-state index in [4.69, 9.17) is 10.5 Å². The van der Waals surface area contributed by atoms with Crippen molar-refractivity contribution in [2.24, 2.45) is 0 Å². The molecular formula is C17H20N2O2. The first-order valence-electron chi connectivity index (χ1n) is 6.82. The van der Waals surface area contributed by atoms with Gasteiger partial charge in [-0.05, 0) is 37.6 Å². The molecule has 0 heterocycles. The number of hydrogen-bond donors (Lipinski definition) is 2. The highest BCUT2D eigenvalue weighted by Gasteiger charge is 2.14. The molecule has 21 heavy (non-hydrogen) atoms. The molecule has 0 aliphatic carbocycles. The van der Waals surface area contributed by atoms with Gasteiger partial charge in [-0.3, -0.25) is 0 Å². The smallest absolute Gasteiger partial charge is 0.340 e. The molecular weight excluding hydrogens is 264 g/mol. The van der Waals surface area contributed by atoms with E-state index >= 15 is 0 Å². The Balaban J connectivity index is 2.26. The molecule has 4 nitrogen and oxygen atoms in total. The maximum atomic E-state index is 11.8. The Morgan fingerprint density at radius 3 is 2.48 bits per heavy atom. The molecule has 0 amide bonds. The average Bonchev–Trinajstić information content (AvgIpc) is 2.48. The van der Waals surface area contributed by atoms with Crippen LogP contribution in [-0.2, 0) is 4.74 Å². The molecule has 0 spiro atoms. The minimum absolute atomic E-state index is 0.0673. The third-order valence-electron chi connectivity index (χ3n) is 3.40. The maximum Gasteiger partial charge on any atom is 0.340 e. The molecule has 0 aliphatic rings. The normalized spacial score (nSPS) is 11.8. The lowest BCUT2D eigenvalue weighted by Gasteiger charge is -2.18. The predicted molar refractivity (Wildman–Crippen MR) is 85.4 cm³/mol. The Morgan fingerprint density at radius 2 is 1.86 bits per heavy atom. The van der Waals surface area contributed by atoms with E-state index in [0.717, 1.165) is 5.56 Å². The second-order valence-electron chi connectivity index (χ2n) is 5.07. The Kier molecular flexibility index (Phi) is 4.48. The number of ether oxygens (including phenoxy) is 1. The second kappa shape index (κ2) is 6.31. The van der Waals surface area contributed by atoms with E-state index in [1.807, 2.05) is 6.92 Å². The summed E-state index contributed by atoms with van der Waals surface area (Å²) in [4.78, 5) is 11.8. The molecule has 2 aromatic rings. The quantitative estimate of drug-likeness (QED) is 0.666. The van der Waals surface area contributed by atoms with Gasteiger partial charge < -0.3 is 15.8 Å². The molecule has 0 radical (unpaired) electrons. The summed E-state index contributed by atoms with van der Waals surface area (Å²) in [5.74, 6) is -0.402. The van der Waals surface area contributed by atoms with Gasteiger partial charge in [0.05, 0.1) is 12.7 Å². The lowest BCUT2D eigenvalue weighted by atomic mass is 10.1. The third kappa shape index (κ3) is 3.54. The summed E-state index contributed by atoms with van der Waals surface area (Å²) in [5.41, 5.74) is 9.79. The number of nitrogen functional groups attached to an aromatic ring is 1. The Hall–Kier alpha value is -2.49. The highest BCUT2D eigenvalue weighted by atomic mass is 16.5. The lowest BCUT2D eigenvalue weighted by Crippen LogP contribution is -2.12. The Bertz CT molecular complexity index is 636. The highest BCUT2D eigenvalue weighted by molar-refractivity contribution is 5.96. The first kappa shape index (κ1) is 14.9.